The third kappa shape index (κ3) is 2.43. The van der Waals surface area contributed by atoms with Crippen LogP contribution in [0.15, 0.2) is 47.8 Å². The average Bonchev–Trinajstić information content (AvgIpc) is 3.44. The molecule has 4 heterocycles. The molecule has 8 nitrogen and oxygen atoms in total. The van der Waals surface area contributed by atoms with Gasteiger partial charge in [-0.1, -0.05) is 6.07 Å². The van der Waals surface area contributed by atoms with Gasteiger partial charge in [0.05, 0.1) is 24.7 Å². The number of ether oxygens (including phenoxy) is 3. The molecule has 2 aromatic carbocycles. The summed E-state index contributed by atoms with van der Waals surface area (Å²) in [6.45, 7) is 1.75. The molecule has 1 unspecified atom stereocenters. The fourth-order valence-corrected chi connectivity index (χ4v) is 5.03. The van der Waals surface area contributed by atoms with Crippen LogP contribution in [0.25, 0.3) is 10.9 Å². The van der Waals surface area contributed by atoms with Crippen LogP contribution in [0.2, 0.25) is 0 Å². The van der Waals surface area contributed by atoms with Gasteiger partial charge in [-0.15, -0.1) is 0 Å². The molecule has 0 fully saturated rings. The van der Waals surface area contributed by atoms with Gasteiger partial charge in [-0.2, -0.15) is 0 Å². The van der Waals surface area contributed by atoms with Gasteiger partial charge in [0, 0.05) is 42.9 Å². The van der Waals surface area contributed by atoms with Crippen molar-refractivity contribution in [3.8, 4) is 17.2 Å². The second-order valence-corrected chi connectivity index (χ2v) is 8.21. The number of hydrogen-bond acceptors (Lipinski definition) is 6. The number of hydrogen-bond donors (Lipinski definition) is 1. The normalized spacial score (nSPS) is 18.7. The van der Waals surface area contributed by atoms with Crippen molar-refractivity contribution in [3.63, 3.8) is 0 Å². The maximum absolute atomic E-state index is 13.5. The predicted molar refractivity (Wildman–Crippen MR) is 117 cm³/mol. The monoisotopic (exact) mass is 431 g/mol. The van der Waals surface area contributed by atoms with E-state index in [1.165, 1.54) is 11.8 Å². The zero-order valence-corrected chi connectivity index (χ0v) is 17.9. The number of nitrogens with one attached hydrogen (secondary N) is 1. The number of methoxy groups -OCH3 is 1. The molecule has 3 aromatic rings. The van der Waals surface area contributed by atoms with E-state index in [9.17, 15) is 9.59 Å². The fourth-order valence-electron chi connectivity index (χ4n) is 5.03. The van der Waals surface area contributed by atoms with Crippen molar-refractivity contribution < 1.29 is 23.8 Å². The number of aryl methyl sites for hydroxylation is 1. The number of aromatic nitrogens is 1. The van der Waals surface area contributed by atoms with Gasteiger partial charge in [0.15, 0.2) is 11.5 Å². The first-order chi connectivity index (χ1) is 15.5. The summed E-state index contributed by atoms with van der Waals surface area (Å²) in [5, 5.41) is 4.51. The summed E-state index contributed by atoms with van der Waals surface area (Å²) < 4.78 is 18.9. The van der Waals surface area contributed by atoms with Gasteiger partial charge >= 0.3 is 0 Å². The van der Waals surface area contributed by atoms with Gasteiger partial charge in [-0.25, -0.2) is 0 Å². The molecule has 3 aliphatic heterocycles. The van der Waals surface area contributed by atoms with E-state index in [0.29, 0.717) is 22.8 Å². The van der Waals surface area contributed by atoms with E-state index in [4.69, 9.17) is 14.2 Å². The van der Waals surface area contributed by atoms with Crippen molar-refractivity contribution in [3.05, 3.63) is 58.9 Å². The third-order valence-corrected chi connectivity index (χ3v) is 6.44. The summed E-state index contributed by atoms with van der Waals surface area (Å²) in [6, 6.07) is 9.83. The Kier molecular flexibility index (Phi) is 3.83. The van der Waals surface area contributed by atoms with Crippen LogP contribution in [-0.4, -0.2) is 41.7 Å². The summed E-state index contributed by atoms with van der Waals surface area (Å²) in [7, 11) is 3.57. The highest BCUT2D eigenvalue weighted by atomic mass is 16.7. The lowest BCUT2D eigenvalue weighted by atomic mass is 9.84. The smallest absolute Gasteiger partial charge is 0.259 e. The molecular weight excluding hydrogens is 410 g/mol. The van der Waals surface area contributed by atoms with Gasteiger partial charge in [0.25, 0.3) is 5.91 Å². The lowest BCUT2D eigenvalue weighted by Crippen LogP contribution is -2.33. The number of imide groups is 1. The lowest BCUT2D eigenvalue weighted by molar-refractivity contribution is -0.139. The Balaban J connectivity index is 1.65. The van der Waals surface area contributed by atoms with Gasteiger partial charge in [0.1, 0.15) is 0 Å². The minimum absolute atomic E-state index is 0.116. The van der Waals surface area contributed by atoms with E-state index in [-0.39, 0.29) is 25.2 Å². The molecule has 0 saturated heterocycles. The first kappa shape index (κ1) is 18.8. The van der Waals surface area contributed by atoms with E-state index < -0.39 is 5.92 Å². The molecule has 0 aliphatic carbocycles. The average molecular weight is 431 g/mol. The Morgan fingerprint density at radius 1 is 1.25 bits per heavy atom. The predicted octanol–water partition coefficient (Wildman–Crippen LogP) is 3.12. The number of fused-ring (bicyclic) bond motifs is 1. The van der Waals surface area contributed by atoms with Gasteiger partial charge in [0.2, 0.25) is 18.4 Å². The number of amides is 2. The van der Waals surface area contributed by atoms with Crippen LogP contribution in [0.4, 0.5) is 5.69 Å². The van der Waals surface area contributed by atoms with Gasteiger partial charge in [-0.05, 0) is 35.4 Å². The molecule has 1 N–H and O–H groups in total. The largest absolute Gasteiger partial charge is 0.493 e. The number of anilines is 1. The molecule has 1 atom stereocenters. The SMILES string of the molecule is COc1cc(C2C3=C(CN(C(C)=O)C3=O)Nc3cccc4c3c2cn4C)cc2c1OCO2. The lowest BCUT2D eigenvalue weighted by Gasteiger charge is -2.20. The van der Waals surface area contributed by atoms with E-state index >= 15 is 0 Å². The summed E-state index contributed by atoms with van der Waals surface area (Å²) in [6.07, 6.45) is 2.05. The second-order valence-electron chi connectivity index (χ2n) is 8.21. The molecule has 3 aliphatic rings. The van der Waals surface area contributed by atoms with Crippen LogP contribution in [-0.2, 0) is 16.6 Å². The molecule has 2 amide bonds. The number of nitrogens with zero attached hydrogens (tertiary/aromatic N) is 2. The fraction of sp³-hybridized carbons (Fsp3) is 0.250. The molecule has 162 valence electrons. The molecular formula is C24H21N3O5. The van der Waals surface area contributed by atoms with Crippen LogP contribution in [0.1, 0.15) is 24.0 Å². The molecule has 1 aromatic heterocycles. The molecule has 0 bridgehead atoms. The van der Waals surface area contributed by atoms with Crippen molar-refractivity contribution in [2.75, 3.05) is 25.8 Å². The van der Waals surface area contributed by atoms with Crippen LogP contribution < -0.4 is 19.5 Å². The summed E-state index contributed by atoms with van der Waals surface area (Å²) >= 11 is 0. The number of carbonyl (C=O) groups excluding carboxylic acids is 2. The van der Waals surface area contributed by atoms with Crippen molar-refractivity contribution in [1.29, 1.82) is 0 Å². The van der Waals surface area contributed by atoms with E-state index in [0.717, 1.165) is 33.4 Å². The second kappa shape index (κ2) is 6.53. The van der Waals surface area contributed by atoms with Crippen molar-refractivity contribution in [2.24, 2.45) is 7.05 Å². The summed E-state index contributed by atoms with van der Waals surface area (Å²) in [5.74, 6) is 0.700. The Bertz CT molecular complexity index is 1370. The molecule has 0 radical (unpaired) electrons. The first-order valence-electron chi connectivity index (χ1n) is 10.4. The quantitative estimate of drug-likeness (QED) is 0.672. The standard InChI is InChI=1S/C24H21N3O5/c1-12(28)27-10-16-22(24(27)29)20(13-7-18(30-3)23-19(8-13)31-11-32-23)14-9-26(2)17-6-4-5-15(25-16)21(14)17/h4-9,20,25H,10-11H2,1-3H3. The van der Waals surface area contributed by atoms with E-state index in [1.807, 2.05) is 31.3 Å². The topological polar surface area (TPSA) is 82.0 Å². The van der Waals surface area contributed by atoms with Gasteiger partial charge < -0.3 is 24.1 Å². The maximum atomic E-state index is 13.5. The zero-order valence-electron chi connectivity index (χ0n) is 17.9. The summed E-state index contributed by atoms with van der Waals surface area (Å²) in [4.78, 5) is 27.0. The van der Waals surface area contributed by atoms with Crippen molar-refractivity contribution in [2.45, 2.75) is 12.8 Å². The Hall–Kier alpha value is -3.94. The van der Waals surface area contributed by atoms with Gasteiger partial charge in [-0.3, -0.25) is 14.5 Å². The van der Waals surface area contributed by atoms with E-state index in [1.54, 1.807) is 7.11 Å². The highest BCUT2D eigenvalue weighted by molar-refractivity contribution is 6.11. The number of carbonyl (C=O) groups is 2. The van der Waals surface area contributed by atoms with Crippen molar-refractivity contribution >= 4 is 28.4 Å². The first-order valence-corrected chi connectivity index (χ1v) is 10.4. The minimum Gasteiger partial charge on any atom is -0.493 e. The number of benzene rings is 2. The number of rotatable bonds is 2. The Labute approximate surface area is 184 Å². The van der Waals surface area contributed by atoms with E-state index in [2.05, 4.69) is 22.1 Å². The van der Waals surface area contributed by atoms with Crippen LogP contribution in [0.5, 0.6) is 17.2 Å². The van der Waals surface area contributed by atoms with Crippen molar-refractivity contribution in [1.82, 2.24) is 9.47 Å². The van der Waals surface area contributed by atoms with Crippen LogP contribution >= 0.6 is 0 Å². The van der Waals surface area contributed by atoms with Crippen LogP contribution in [0, 0.1) is 0 Å². The molecule has 8 heteroatoms. The third-order valence-electron chi connectivity index (χ3n) is 6.44. The Morgan fingerprint density at radius 2 is 2.09 bits per heavy atom. The molecule has 32 heavy (non-hydrogen) atoms. The highest BCUT2D eigenvalue weighted by Gasteiger charge is 2.42. The summed E-state index contributed by atoms with van der Waals surface area (Å²) in [5.41, 5.74) is 5.08. The van der Waals surface area contributed by atoms with Crippen LogP contribution in [0.3, 0.4) is 0 Å². The molecule has 0 spiro atoms. The zero-order chi connectivity index (χ0) is 22.1. The molecule has 0 saturated carbocycles. The highest BCUT2D eigenvalue weighted by Crippen LogP contribution is 2.50. The minimum atomic E-state index is -0.412. The Morgan fingerprint density at radius 3 is 2.88 bits per heavy atom. The molecule has 6 rings (SSSR count). The maximum Gasteiger partial charge on any atom is 0.259 e.